The standard InChI is InChI=1S/C16H19N3/c1-10-3-4-12(7-11(10)2)15-5-6-18-16(19-15)13-8-14(17)9-13/h3-7,13-14H,8-9,17H2,1-2H3. The van der Waals surface area contributed by atoms with Gasteiger partial charge in [-0.15, -0.1) is 0 Å². The lowest BCUT2D eigenvalue weighted by molar-refractivity contribution is 0.338. The van der Waals surface area contributed by atoms with Crippen LogP contribution in [0, 0.1) is 13.8 Å². The number of aryl methyl sites for hydroxylation is 2. The smallest absolute Gasteiger partial charge is 0.132 e. The van der Waals surface area contributed by atoms with Crippen LogP contribution in [-0.4, -0.2) is 16.0 Å². The number of nitrogens with two attached hydrogens (primary N) is 1. The van der Waals surface area contributed by atoms with Crippen molar-refractivity contribution in [1.82, 2.24) is 9.97 Å². The molecule has 3 heteroatoms. The number of benzene rings is 1. The summed E-state index contributed by atoms with van der Waals surface area (Å²) in [5, 5.41) is 0. The monoisotopic (exact) mass is 253 g/mol. The molecule has 1 aliphatic carbocycles. The molecule has 0 aliphatic heterocycles. The zero-order chi connectivity index (χ0) is 13.4. The number of hydrogen-bond donors (Lipinski definition) is 1. The molecule has 98 valence electrons. The molecular formula is C16H19N3. The van der Waals surface area contributed by atoms with Gasteiger partial charge in [0.1, 0.15) is 5.82 Å². The maximum absolute atomic E-state index is 5.84. The highest BCUT2D eigenvalue weighted by atomic mass is 14.9. The van der Waals surface area contributed by atoms with Crippen LogP contribution in [0.5, 0.6) is 0 Å². The summed E-state index contributed by atoms with van der Waals surface area (Å²) in [5.74, 6) is 1.39. The van der Waals surface area contributed by atoms with Crippen molar-refractivity contribution in [2.75, 3.05) is 0 Å². The summed E-state index contributed by atoms with van der Waals surface area (Å²) in [6.45, 7) is 4.26. The van der Waals surface area contributed by atoms with Gasteiger partial charge in [-0.05, 0) is 49.9 Å². The highest BCUT2D eigenvalue weighted by molar-refractivity contribution is 5.60. The molecule has 0 bridgehead atoms. The maximum Gasteiger partial charge on any atom is 0.132 e. The fourth-order valence-corrected chi connectivity index (χ4v) is 2.50. The fourth-order valence-electron chi connectivity index (χ4n) is 2.50. The average molecular weight is 253 g/mol. The Morgan fingerprint density at radius 3 is 2.58 bits per heavy atom. The van der Waals surface area contributed by atoms with Crippen molar-refractivity contribution in [3.05, 3.63) is 47.4 Å². The van der Waals surface area contributed by atoms with Crippen molar-refractivity contribution in [2.45, 2.75) is 38.6 Å². The van der Waals surface area contributed by atoms with Gasteiger partial charge in [-0.2, -0.15) is 0 Å². The molecule has 3 nitrogen and oxygen atoms in total. The van der Waals surface area contributed by atoms with Crippen molar-refractivity contribution >= 4 is 0 Å². The molecule has 19 heavy (non-hydrogen) atoms. The first-order valence-electron chi connectivity index (χ1n) is 6.79. The van der Waals surface area contributed by atoms with Crippen LogP contribution in [0.2, 0.25) is 0 Å². The average Bonchev–Trinajstić information content (AvgIpc) is 2.38. The molecule has 1 aliphatic rings. The first-order chi connectivity index (χ1) is 9.13. The van der Waals surface area contributed by atoms with E-state index in [-0.39, 0.29) is 0 Å². The lowest BCUT2D eigenvalue weighted by Gasteiger charge is -2.31. The number of hydrogen-bond acceptors (Lipinski definition) is 3. The largest absolute Gasteiger partial charge is 0.328 e. The van der Waals surface area contributed by atoms with Gasteiger partial charge >= 0.3 is 0 Å². The van der Waals surface area contributed by atoms with E-state index in [9.17, 15) is 0 Å². The molecule has 0 saturated heterocycles. The topological polar surface area (TPSA) is 51.8 Å². The van der Waals surface area contributed by atoms with Gasteiger partial charge in [-0.3, -0.25) is 0 Å². The van der Waals surface area contributed by atoms with E-state index in [1.165, 1.54) is 11.1 Å². The van der Waals surface area contributed by atoms with E-state index >= 15 is 0 Å². The lowest BCUT2D eigenvalue weighted by Crippen LogP contribution is -2.35. The number of aromatic nitrogens is 2. The highest BCUT2D eigenvalue weighted by Crippen LogP contribution is 2.34. The van der Waals surface area contributed by atoms with E-state index in [1.807, 2.05) is 12.3 Å². The van der Waals surface area contributed by atoms with Crippen LogP contribution < -0.4 is 5.73 Å². The molecule has 2 aromatic rings. The third kappa shape index (κ3) is 2.38. The number of nitrogens with zero attached hydrogens (tertiary/aromatic N) is 2. The molecule has 0 unspecified atom stereocenters. The van der Waals surface area contributed by atoms with Crippen LogP contribution >= 0.6 is 0 Å². The zero-order valence-electron chi connectivity index (χ0n) is 11.4. The molecule has 0 spiro atoms. The minimum atomic E-state index is 0.332. The molecule has 1 fully saturated rings. The minimum Gasteiger partial charge on any atom is -0.328 e. The Kier molecular flexibility index (Phi) is 3.07. The van der Waals surface area contributed by atoms with Gasteiger partial charge in [0.05, 0.1) is 5.69 Å². The Hall–Kier alpha value is -1.74. The molecule has 1 heterocycles. The second kappa shape index (κ2) is 4.74. The van der Waals surface area contributed by atoms with Crippen molar-refractivity contribution in [3.63, 3.8) is 0 Å². The quantitative estimate of drug-likeness (QED) is 0.895. The molecule has 1 saturated carbocycles. The third-order valence-electron chi connectivity index (χ3n) is 4.02. The van der Waals surface area contributed by atoms with Gasteiger partial charge in [-0.1, -0.05) is 12.1 Å². The second-order valence-corrected chi connectivity index (χ2v) is 5.53. The van der Waals surface area contributed by atoms with Gasteiger partial charge in [0, 0.05) is 23.7 Å². The first-order valence-corrected chi connectivity index (χ1v) is 6.79. The molecule has 1 aromatic carbocycles. The summed E-state index contributed by atoms with van der Waals surface area (Å²) in [6.07, 6.45) is 3.88. The minimum absolute atomic E-state index is 0.332. The summed E-state index contributed by atoms with van der Waals surface area (Å²) in [7, 11) is 0. The van der Waals surface area contributed by atoms with E-state index in [0.29, 0.717) is 12.0 Å². The molecule has 3 rings (SSSR count). The van der Waals surface area contributed by atoms with Gasteiger partial charge < -0.3 is 5.73 Å². The maximum atomic E-state index is 5.84. The summed E-state index contributed by atoms with van der Waals surface area (Å²) in [6, 6.07) is 8.77. The summed E-state index contributed by atoms with van der Waals surface area (Å²) < 4.78 is 0. The van der Waals surface area contributed by atoms with E-state index in [0.717, 1.165) is 29.9 Å². The van der Waals surface area contributed by atoms with Gasteiger partial charge in [-0.25, -0.2) is 9.97 Å². The van der Waals surface area contributed by atoms with Crippen LogP contribution in [0.15, 0.2) is 30.5 Å². The van der Waals surface area contributed by atoms with Crippen molar-refractivity contribution in [3.8, 4) is 11.3 Å². The Morgan fingerprint density at radius 1 is 1.11 bits per heavy atom. The predicted molar refractivity (Wildman–Crippen MR) is 76.9 cm³/mol. The summed E-state index contributed by atoms with van der Waals surface area (Å²) >= 11 is 0. The van der Waals surface area contributed by atoms with E-state index in [1.54, 1.807) is 0 Å². The van der Waals surface area contributed by atoms with Gasteiger partial charge in [0.25, 0.3) is 0 Å². The summed E-state index contributed by atoms with van der Waals surface area (Å²) in [4.78, 5) is 9.10. The van der Waals surface area contributed by atoms with Crippen molar-refractivity contribution in [1.29, 1.82) is 0 Å². The third-order valence-corrected chi connectivity index (χ3v) is 4.02. The molecule has 1 aromatic heterocycles. The summed E-state index contributed by atoms with van der Waals surface area (Å²) in [5.41, 5.74) is 10.6. The van der Waals surface area contributed by atoms with Crippen LogP contribution in [0.1, 0.15) is 35.7 Å². The highest BCUT2D eigenvalue weighted by Gasteiger charge is 2.29. The van der Waals surface area contributed by atoms with Crippen molar-refractivity contribution in [2.24, 2.45) is 5.73 Å². The Morgan fingerprint density at radius 2 is 1.89 bits per heavy atom. The fraction of sp³-hybridized carbons (Fsp3) is 0.375. The predicted octanol–water partition coefficient (Wildman–Crippen LogP) is 2.97. The SMILES string of the molecule is Cc1ccc(-c2ccnc(C3CC(N)C3)n2)cc1C. The molecule has 2 N–H and O–H groups in total. The van der Waals surface area contributed by atoms with Gasteiger partial charge in [0.2, 0.25) is 0 Å². The molecule has 0 amide bonds. The molecular weight excluding hydrogens is 234 g/mol. The second-order valence-electron chi connectivity index (χ2n) is 5.53. The first kappa shape index (κ1) is 12.3. The Bertz CT molecular complexity index is 601. The molecule has 0 atom stereocenters. The van der Waals surface area contributed by atoms with E-state index in [2.05, 4.69) is 37.0 Å². The Balaban J connectivity index is 1.92. The lowest BCUT2D eigenvalue weighted by atomic mass is 9.80. The van der Waals surface area contributed by atoms with E-state index < -0.39 is 0 Å². The number of rotatable bonds is 2. The zero-order valence-corrected chi connectivity index (χ0v) is 11.4. The van der Waals surface area contributed by atoms with Crippen LogP contribution in [0.4, 0.5) is 0 Å². The van der Waals surface area contributed by atoms with Crippen LogP contribution in [-0.2, 0) is 0 Å². The Labute approximate surface area is 113 Å². The molecule has 0 radical (unpaired) electrons. The van der Waals surface area contributed by atoms with E-state index in [4.69, 9.17) is 10.7 Å². The van der Waals surface area contributed by atoms with Crippen LogP contribution in [0.25, 0.3) is 11.3 Å². The van der Waals surface area contributed by atoms with Crippen LogP contribution in [0.3, 0.4) is 0 Å². The van der Waals surface area contributed by atoms with Crippen molar-refractivity contribution < 1.29 is 0 Å². The normalized spacial score (nSPS) is 22.1. The van der Waals surface area contributed by atoms with Gasteiger partial charge in [0.15, 0.2) is 0 Å².